The summed E-state index contributed by atoms with van der Waals surface area (Å²) in [6.45, 7) is -0.327. The molecule has 1 saturated heterocycles. The molecular weight excluding hydrogens is 280 g/mol. The highest BCUT2D eigenvalue weighted by atomic mass is 16.6. The molecule has 118 valence electrons. The van der Waals surface area contributed by atoms with Gasteiger partial charge < -0.3 is 30.7 Å². The molecule has 2 heterocycles. The number of hydrogen-bond acceptors (Lipinski definition) is 8. The first-order valence-corrected chi connectivity index (χ1v) is 6.45. The Labute approximate surface area is 121 Å². The first-order chi connectivity index (χ1) is 9.80. The van der Waals surface area contributed by atoms with E-state index in [2.05, 4.69) is 4.98 Å². The maximum Gasteiger partial charge on any atom is 0.351 e. The summed E-state index contributed by atoms with van der Waals surface area (Å²) in [5.74, 6) is 0.0472. The van der Waals surface area contributed by atoms with Crippen LogP contribution in [-0.4, -0.2) is 74.8 Å². The molecule has 9 heteroatoms. The number of rotatable bonds is 4. The van der Waals surface area contributed by atoms with Crippen LogP contribution in [0.15, 0.2) is 17.1 Å². The zero-order valence-corrected chi connectivity index (χ0v) is 11.9. The predicted octanol–water partition coefficient (Wildman–Crippen LogP) is -2.63. The van der Waals surface area contributed by atoms with E-state index in [1.165, 1.54) is 12.3 Å². The summed E-state index contributed by atoms with van der Waals surface area (Å²) in [6.07, 6.45) is -2.54. The minimum atomic E-state index is -1.38. The lowest BCUT2D eigenvalue weighted by molar-refractivity contribution is -0.137. The fraction of sp³-hybridized carbons (Fsp3) is 0.667. The zero-order chi connectivity index (χ0) is 15.8. The molecule has 1 aliphatic rings. The summed E-state index contributed by atoms with van der Waals surface area (Å²) in [6, 6.07) is 1.38. The van der Waals surface area contributed by atoms with Gasteiger partial charge in [0.05, 0.1) is 6.61 Å². The van der Waals surface area contributed by atoms with E-state index in [0.29, 0.717) is 0 Å². The van der Waals surface area contributed by atoms with Crippen LogP contribution in [0.4, 0.5) is 5.82 Å². The van der Waals surface area contributed by atoms with Crippen molar-refractivity contribution in [3.05, 3.63) is 22.7 Å². The highest BCUT2D eigenvalue weighted by Gasteiger charge is 2.55. The van der Waals surface area contributed by atoms with Crippen LogP contribution in [0.1, 0.15) is 6.23 Å². The number of nitrogens with zero attached hydrogens (tertiary/aromatic N) is 3. The Morgan fingerprint density at radius 2 is 2.19 bits per heavy atom. The van der Waals surface area contributed by atoms with Gasteiger partial charge in [-0.1, -0.05) is 0 Å². The summed E-state index contributed by atoms with van der Waals surface area (Å²) >= 11 is 0. The molecule has 5 N–H and O–H groups in total. The van der Waals surface area contributed by atoms with Crippen molar-refractivity contribution in [1.82, 2.24) is 14.5 Å². The van der Waals surface area contributed by atoms with Gasteiger partial charge in [-0.25, -0.2) is 4.79 Å². The van der Waals surface area contributed by atoms with E-state index < -0.39 is 36.3 Å². The topological polar surface area (TPSA) is 134 Å². The lowest BCUT2D eigenvalue weighted by atomic mass is 9.95. The summed E-state index contributed by atoms with van der Waals surface area (Å²) < 4.78 is 6.67. The Morgan fingerprint density at radius 1 is 1.52 bits per heavy atom. The van der Waals surface area contributed by atoms with Gasteiger partial charge in [-0.15, -0.1) is 0 Å². The number of likely N-dealkylation sites (N-methyl/N-ethyl adjacent to an activating group) is 1. The standard InChI is InChI=1S/C12H20N4O5/c1-15(2)5-12(6-17)9(19)8(18)10(21-12)16-4-3-7(13)14-11(16)20/h3-4,8-10,17-19H,5-6H2,1-2H3,(H2,13,14,20)/t8?,9?,10-,12-/m1/s1. The van der Waals surface area contributed by atoms with E-state index in [1.807, 2.05) is 0 Å². The van der Waals surface area contributed by atoms with Crippen LogP contribution >= 0.6 is 0 Å². The zero-order valence-electron chi connectivity index (χ0n) is 11.9. The van der Waals surface area contributed by atoms with E-state index in [1.54, 1.807) is 19.0 Å². The molecule has 4 atom stereocenters. The molecule has 0 aromatic carbocycles. The number of ether oxygens (including phenoxy) is 1. The SMILES string of the molecule is CN(C)C[C@]1(CO)O[C@@H](n2ccc(N)nc2=O)C(O)C1O. The van der Waals surface area contributed by atoms with Gasteiger partial charge >= 0.3 is 5.69 Å². The number of aromatic nitrogens is 2. The van der Waals surface area contributed by atoms with Gasteiger partial charge in [0, 0.05) is 12.7 Å². The first kappa shape index (κ1) is 15.9. The molecule has 0 aliphatic carbocycles. The van der Waals surface area contributed by atoms with Crippen LogP contribution in [0.3, 0.4) is 0 Å². The summed E-state index contributed by atoms with van der Waals surface area (Å²) in [4.78, 5) is 17.1. The second-order valence-electron chi connectivity index (χ2n) is 5.45. The van der Waals surface area contributed by atoms with Gasteiger partial charge in [-0.3, -0.25) is 4.57 Å². The monoisotopic (exact) mass is 300 g/mol. The lowest BCUT2D eigenvalue weighted by Crippen LogP contribution is -2.52. The predicted molar refractivity (Wildman–Crippen MR) is 73.4 cm³/mol. The molecule has 2 rings (SSSR count). The third kappa shape index (κ3) is 2.78. The van der Waals surface area contributed by atoms with Gasteiger partial charge in [0.1, 0.15) is 23.6 Å². The molecule has 0 amide bonds. The fourth-order valence-electron chi connectivity index (χ4n) is 2.53. The molecule has 0 bridgehead atoms. The number of nitrogens with two attached hydrogens (primary N) is 1. The Morgan fingerprint density at radius 3 is 2.71 bits per heavy atom. The van der Waals surface area contributed by atoms with E-state index in [9.17, 15) is 20.1 Å². The van der Waals surface area contributed by atoms with Gasteiger partial charge in [0.25, 0.3) is 0 Å². The second kappa shape index (κ2) is 5.70. The Kier molecular flexibility index (Phi) is 4.30. The van der Waals surface area contributed by atoms with Crippen LogP contribution in [0.25, 0.3) is 0 Å². The Hall–Kier alpha value is -1.52. The minimum absolute atomic E-state index is 0.0472. The maximum atomic E-state index is 11.8. The van der Waals surface area contributed by atoms with Crippen molar-refractivity contribution in [3.63, 3.8) is 0 Å². The number of anilines is 1. The van der Waals surface area contributed by atoms with E-state index in [4.69, 9.17) is 10.5 Å². The van der Waals surface area contributed by atoms with Crippen molar-refractivity contribution >= 4 is 5.82 Å². The Bertz CT molecular complexity index is 563. The molecule has 1 aliphatic heterocycles. The third-order valence-electron chi connectivity index (χ3n) is 3.49. The molecular formula is C12H20N4O5. The third-order valence-corrected chi connectivity index (χ3v) is 3.49. The maximum absolute atomic E-state index is 11.8. The molecule has 9 nitrogen and oxygen atoms in total. The molecule has 1 aromatic rings. The molecule has 1 aromatic heterocycles. The minimum Gasteiger partial charge on any atom is -0.393 e. The van der Waals surface area contributed by atoms with Crippen LogP contribution in [0.2, 0.25) is 0 Å². The van der Waals surface area contributed by atoms with Crippen LogP contribution < -0.4 is 11.4 Å². The second-order valence-corrected chi connectivity index (χ2v) is 5.45. The number of aliphatic hydroxyl groups excluding tert-OH is 3. The first-order valence-electron chi connectivity index (χ1n) is 6.45. The van der Waals surface area contributed by atoms with E-state index in [-0.39, 0.29) is 12.4 Å². The highest BCUT2D eigenvalue weighted by Crippen LogP contribution is 2.36. The van der Waals surface area contributed by atoms with Crippen LogP contribution in [0, 0.1) is 0 Å². The van der Waals surface area contributed by atoms with Crippen LogP contribution in [-0.2, 0) is 4.74 Å². The summed E-state index contributed by atoms with van der Waals surface area (Å²) in [7, 11) is 3.48. The van der Waals surface area contributed by atoms with E-state index in [0.717, 1.165) is 4.57 Å². The molecule has 0 spiro atoms. The fourth-order valence-corrected chi connectivity index (χ4v) is 2.53. The van der Waals surface area contributed by atoms with Gasteiger partial charge in [0.2, 0.25) is 0 Å². The molecule has 21 heavy (non-hydrogen) atoms. The summed E-state index contributed by atoms with van der Waals surface area (Å²) in [5.41, 5.74) is 3.33. The molecule has 2 unspecified atom stereocenters. The quantitative estimate of drug-likeness (QED) is 0.474. The number of aliphatic hydroxyl groups is 3. The van der Waals surface area contributed by atoms with Gasteiger partial charge in [0.15, 0.2) is 6.23 Å². The Balaban J connectivity index is 2.37. The largest absolute Gasteiger partial charge is 0.393 e. The van der Waals surface area contributed by atoms with Crippen molar-refractivity contribution in [2.24, 2.45) is 0 Å². The number of nitrogen functional groups attached to an aromatic ring is 1. The molecule has 0 radical (unpaired) electrons. The van der Waals surface area contributed by atoms with Crippen molar-refractivity contribution in [1.29, 1.82) is 0 Å². The summed E-state index contributed by atoms with van der Waals surface area (Å²) in [5, 5.41) is 30.0. The average Bonchev–Trinajstić information content (AvgIpc) is 2.64. The van der Waals surface area contributed by atoms with Crippen molar-refractivity contribution in [2.75, 3.05) is 33.0 Å². The van der Waals surface area contributed by atoms with Crippen molar-refractivity contribution < 1.29 is 20.1 Å². The highest BCUT2D eigenvalue weighted by molar-refractivity contribution is 5.23. The van der Waals surface area contributed by atoms with Crippen molar-refractivity contribution in [3.8, 4) is 0 Å². The molecule has 0 saturated carbocycles. The average molecular weight is 300 g/mol. The van der Waals surface area contributed by atoms with Gasteiger partial charge in [-0.05, 0) is 20.2 Å². The smallest absolute Gasteiger partial charge is 0.351 e. The van der Waals surface area contributed by atoms with E-state index >= 15 is 0 Å². The molecule has 1 fully saturated rings. The van der Waals surface area contributed by atoms with Crippen molar-refractivity contribution in [2.45, 2.75) is 24.0 Å². The van der Waals surface area contributed by atoms with Gasteiger partial charge in [-0.2, -0.15) is 4.98 Å². The number of hydrogen-bond donors (Lipinski definition) is 4. The normalized spacial score (nSPS) is 32.8. The lowest BCUT2D eigenvalue weighted by Gasteiger charge is -2.32. The van der Waals surface area contributed by atoms with Crippen LogP contribution in [0.5, 0.6) is 0 Å².